The van der Waals surface area contributed by atoms with Gasteiger partial charge in [-0.1, -0.05) is 35.6 Å². The number of ether oxygens (including phenoxy) is 4. The molecule has 0 spiro atoms. The van der Waals surface area contributed by atoms with Gasteiger partial charge in [-0.15, -0.1) is 0 Å². The van der Waals surface area contributed by atoms with Gasteiger partial charge in [-0.3, -0.25) is 9.36 Å². The van der Waals surface area contributed by atoms with Crippen LogP contribution in [-0.4, -0.2) is 48.5 Å². The molecule has 204 valence electrons. The van der Waals surface area contributed by atoms with E-state index in [-0.39, 0.29) is 30.1 Å². The summed E-state index contributed by atoms with van der Waals surface area (Å²) in [5.74, 6) is -0.486. The van der Waals surface area contributed by atoms with Crippen LogP contribution in [0.5, 0.6) is 17.2 Å². The number of allylic oxidation sites excluding steroid dienone is 1. The molecule has 39 heavy (non-hydrogen) atoms. The molecule has 0 saturated carbocycles. The Hall–Kier alpha value is -4.38. The van der Waals surface area contributed by atoms with E-state index in [4.69, 9.17) is 14.2 Å². The van der Waals surface area contributed by atoms with Gasteiger partial charge >= 0.3 is 11.9 Å². The van der Waals surface area contributed by atoms with Gasteiger partial charge < -0.3 is 24.1 Å². The van der Waals surface area contributed by atoms with Crippen LogP contribution < -0.4 is 24.4 Å². The van der Waals surface area contributed by atoms with E-state index >= 15 is 0 Å². The molecule has 1 aliphatic heterocycles. The second kappa shape index (κ2) is 12.0. The zero-order chi connectivity index (χ0) is 28.1. The molecule has 1 aliphatic rings. The van der Waals surface area contributed by atoms with Crippen LogP contribution in [-0.2, 0) is 19.1 Å². The molecule has 1 atom stereocenters. The van der Waals surface area contributed by atoms with Crippen molar-refractivity contribution in [3.05, 3.63) is 84.5 Å². The minimum Gasteiger partial charge on any atom is -0.507 e. The molecule has 3 aromatic rings. The van der Waals surface area contributed by atoms with Gasteiger partial charge in [-0.2, -0.15) is 0 Å². The first-order chi connectivity index (χ1) is 18.8. The van der Waals surface area contributed by atoms with E-state index < -0.39 is 18.0 Å². The molecule has 0 radical (unpaired) electrons. The summed E-state index contributed by atoms with van der Waals surface area (Å²) >= 11 is 1.15. The largest absolute Gasteiger partial charge is 0.507 e. The molecule has 1 aromatic heterocycles. The monoisotopic (exact) mass is 552 g/mol. The number of esters is 2. The number of aromatic hydroxyl groups is 1. The molecular formula is C28H28N2O8S. The highest BCUT2D eigenvalue weighted by Crippen LogP contribution is 2.36. The highest BCUT2D eigenvalue weighted by atomic mass is 32.1. The van der Waals surface area contributed by atoms with Crippen molar-refractivity contribution >= 4 is 29.4 Å². The Morgan fingerprint density at radius 3 is 2.56 bits per heavy atom. The zero-order valence-corrected chi connectivity index (χ0v) is 22.7. The first-order valence-corrected chi connectivity index (χ1v) is 13.0. The molecule has 2 aromatic carbocycles. The van der Waals surface area contributed by atoms with E-state index in [1.807, 2.05) is 0 Å². The van der Waals surface area contributed by atoms with Crippen molar-refractivity contribution in [2.75, 3.05) is 26.9 Å². The molecule has 0 amide bonds. The summed E-state index contributed by atoms with van der Waals surface area (Å²) in [4.78, 5) is 43.4. The van der Waals surface area contributed by atoms with Gasteiger partial charge in [0.2, 0.25) is 0 Å². The van der Waals surface area contributed by atoms with Crippen LogP contribution in [0.3, 0.4) is 0 Å². The Bertz CT molecular complexity index is 1620. The second-order valence-corrected chi connectivity index (χ2v) is 9.37. The predicted octanol–water partition coefficient (Wildman–Crippen LogP) is 2.45. The maximum absolute atomic E-state index is 13.8. The van der Waals surface area contributed by atoms with Gasteiger partial charge in [0.15, 0.2) is 22.9 Å². The Labute approximate surface area is 228 Å². The lowest BCUT2D eigenvalue weighted by Crippen LogP contribution is -2.40. The molecule has 2 heterocycles. The quantitative estimate of drug-likeness (QED) is 0.402. The number of hydrogen-bond acceptors (Lipinski definition) is 10. The highest BCUT2D eigenvalue weighted by molar-refractivity contribution is 7.07. The number of aromatic nitrogens is 1. The Morgan fingerprint density at radius 1 is 1.10 bits per heavy atom. The van der Waals surface area contributed by atoms with Crippen LogP contribution in [0.1, 0.15) is 37.9 Å². The molecule has 4 rings (SSSR count). The third-order valence-electron chi connectivity index (χ3n) is 5.90. The topological polar surface area (TPSA) is 126 Å². The van der Waals surface area contributed by atoms with Crippen LogP contribution >= 0.6 is 11.3 Å². The molecular weight excluding hydrogens is 524 g/mol. The van der Waals surface area contributed by atoms with E-state index in [1.54, 1.807) is 63.2 Å². The van der Waals surface area contributed by atoms with E-state index in [0.29, 0.717) is 44.3 Å². The van der Waals surface area contributed by atoms with E-state index in [1.165, 1.54) is 17.7 Å². The predicted molar refractivity (Wildman–Crippen MR) is 144 cm³/mol. The lowest BCUT2D eigenvalue weighted by Gasteiger charge is -2.25. The van der Waals surface area contributed by atoms with Gasteiger partial charge in [0.25, 0.3) is 5.56 Å². The normalized spacial score (nSPS) is 14.9. The second-order valence-electron chi connectivity index (χ2n) is 8.37. The van der Waals surface area contributed by atoms with Crippen molar-refractivity contribution in [1.29, 1.82) is 0 Å². The van der Waals surface area contributed by atoms with Gasteiger partial charge in [-0.05, 0) is 50.6 Å². The van der Waals surface area contributed by atoms with E-state index in [0.717, 1.165) is 11.3 Å². The molecule has 11 heteroatoms. The number of phenols is 1. The average Bonchev–Trinajstić information content (AvgIpc) is 3.22. The van der Waals surface area contributed by atoms with Crippen molar-refractivity contribution in [3.63, 3.8) is 0 Å². The van der Waals surface area contributed by atoms with Crippen molar-refractivity contribution in [1.82, 2.24) is 4.57 Å². The van der Waals surface area contributed by atoms with Crippen LogP contribution in [0.2, 0.25) is 0 Å². The highest BCUT2D eigenvalue weighted by Gasteiger charge is 2.34. The minimum absolute atomic E-state index is 0.0344. The summed E-state index contributed by atoms with van der Waals surface area (Å²) in [5, 5.41) is 10.2. The Kier molecular flexibility index (Phi) is 8.50. The van der Waals surface area contributed by atoms with Crippen LogP contribution in [0.4, 0.5) is 0 Å². The number of thiazole rings is 1. The first-order valence-electron chi connectivity index (χ1n) is 12.2. The van der Waals surface area contributed by atoms with Gasteiger partial charge in [-0.25, -0.2) is 14.6 Å². The lowest BCUT2D eigenvalue weighted by molar-refractivity contribution is -0.143. The van der Waals surface area contributed by atoms with Crippen molar-refractivity contribution < 1.29 is 33.6 Å². The van der Waals surface area contributed by atoms with Gasteiger partial charge in [0, 0.05) is 5.56 Å². The maximum Gasteiger partial charge on any atom is 0.343 e. The van der Waals surface area contributed by atoms with Crippen molar-refractivity contribution in [2.45, 2.75) is 26.8 Å². The van der Waals surface area contributed by atoms with Gasteiger partial charge in [0.05, 0.1) is 42.2 Å². The average molecular weight is 553 g/mol. The first kappa shape index (κ1) is 27.6. The standard InChI is InChI=1S/C28H28N2O8S/c1-5-36-21-13-18(11-12-20(21)38-15-23(32)35-4)25-24(27(34)37-6-2)16(3)29-28-30(25)26(33)22(39-28)14-17-9-7-8-10-19(17)31/h7-14,25,31H,5-6,15H2,1-4H3/b22-14-/t25-/m0/s1. The summed E-state index contributed by atoms with van der Waals surface area (Å²) in [6.45, 7) is 5.32. The number of para-hydroxylation sites is 1. The fraction of sp³-hybridized carbons (Fsp3) is 0.286. The Morgan fingerprint density at radius 2 is 1.87 bits per heavy atom. The molecule has 0 bridgehead atoms. The SMILES string of the molecule is CCOC(=O)C1=C(C)N=c2s/c(=C\c3ccccc3O)c(=O)n2[C@H]1c1ccc(OCC(=O)OC)c(OCC)c1. The minimum atomic E-state index is -0.874. The molecule has 0 saturated heterocycles. The van der Waals surface area contributed by atoms with Crippen molar-refractivity contribution in [3.8, 4) is 17.2 Å². The molecule has 1 N–H and O–H groups in total. The zero-order valence-electron chi connectivity index (χ0n) is 21.9. The summed E-state index contributed by atoms with van der Waals surface area (Å²) in [6.07, 6.45) is 1.59. The molecule has 0 aliphatic carbocycles. The number of phenolic OH excluding ortho intramolecular Hbond substituents is 1. The van der Waals surface area contributed by atoms with Crippen LogP contribution in [0.25, 0.3) is 6.08 Å². The summed E-state index contributed by atoms with van der Waals surface area (Å²) in [7, 11) is 1.26. The number of carbonyl (C=O) groups excluding carboxylic acids is 2. The number of nitrogens with zero attached hydrogens (tertiary/aromatic N) is 2. The fourth-order valence-corrected chi connectivity index (χ4v) is 5.17. The smallest absolute Gasteiger partial charge is 0.343 e. The lowest BCUT2D eigenvalue weighted by atomic mass is 9.95. The third-order valence-corrected chi connectivity index (χ3v) is 6.88. The van der Waals surface area contributed by atoms with Gasteiger partial charge in [0.1, 0.15) is 5.75 Å². The number of benzene rings is 2. The fourth-order valence-electron chi connectivity index (χ4n) is 4.14. The molecule has 0 fully saturated rings. The number of rotatable bonds is 9. The van der Waals surface area contributed by atoms with Crippen LogP contribution in [0, 0.1) is 0 Å². The number of hydrogen-bond donors (Lipinski definition) is 1. The maximum atomic E-state index is 13.8. The van der Waals surface area contributed by atoms with E-state index in [9.17, 15) is 19.5 Å². The summed E-state index contributed by atoms with van der Waals surface area (Å²) in [5.41, 5.74) is 1.27. The third kappa shape index (κ3) is 5.73. The molecule has 10 nitrogen and oxygen atoms in total. The summed E-state index contributed by atoms with van der Waals surface area (Å²) < 4.78 is 23.1. The summed E-state index contributed by atoms with van der Waals surface area (Å²) in [6, 6.07) is 10.8. The number of carbonyl (C=O) groups is 2. The van der Waals surface area contributed by atoms with E-state index in [2.05, 4.69) is 9.73 Å². The van der Waals surface area contributed by atoms with Crippen molar-refractivity contribution in [2.24, 2.45) is 4.99 Å². The Balaban J connectivity index is 1.91. The molecule has 0 unspecified atom stereocenters. The van der Waals surface area contributed by atoms with Crippen LogP contribution in [0.15, 0.2) is 63.5 Å². The number of methoxy groups -OCH3 is 1. The number of fused-ring (bicyclic) bond motifs is 1.